The molecule has 1 saturated heterocycles. The molecule has 4 heterocycles. The van der Waals surface area contributed by atoms with E-state index in [2.05, 4.69) is 40.6 Å². The number of carbonyl (C=O) groups is 1. The van der Waals surface area contributed by atoms with E-state index in [1.807, 2.05) is 6.20 Å². The van der Waals surface area contributed by atoms with Crippen LogP contribution < -0.4 is 4.90 Å². The maximum absolute atomic E-state index is 12.7. The third-order valence-electron chi connectivity index (χ3n) is 4.79. The second kappa shape index (κ2) is 6.84. The van der Waals surface area contributed by atoms with E-state index in [9.17, 15) is 4.79 Å². The molecule has 1 amide bonds. The number of nitrogens with zero attached hydrogens (tertiary/aromatic N) is 6. The van der Waals surface area contributed by atoms with Gasteiger partial charge in [-0.2, -0.15) is 0 Å². The van der Waals surface area contributed by atoms with Crippen LogP contribution >= 0.6 is 0 Å². The minimum atomic E-state index is -0.0980. The molecule has 0 atom stereocenters. The number of anilines is 1. The van der Waals surface area contributed by atoms with Crippen molar-refractivity contribution in [3.05, 3.63) is 41.4 Å². The van der Waals surface area contributed by atoms with Crippen LogP contribution in [0.15, 0.2) is 18.6 Å². The van der Waals surface area contributed by atoms with Crippen molar-refractivity contribution in [2.75, 3.05) is 31.2 Å². The zero-order valence-corrected chi connectivity index (χ0v) is 16.0. The molecule has 0 saturated carbocycles. The Bertz CT molecular complexity index is 858. The summed E-state index contributed by atoms with van der Waals surface area (Å²) in [6.07, 6.45) is 5.13. The molecular weight excluding hydrogens is 344 g/mol. The van der Waals surface area contributed by atoms with Crippen molar-refractivity contribution in [3.8, 4) is 0 Å². The van der Waals surface area contributed by atoms with E-state index in [4.69, 9.17) is 9.72 Å². The standard InChI is InChI=1S/C19H24N6O2/c1-19(2,3)18-21-8-13-11-25(12-15(13)23-18)16-10-20-9-14(22-16)17(26)24-4-6-27-7-5-24/h8-10H,4-7,11-12H2,1-3H3. The van der Waals surface area contributed by atoms with Crippen molar-refractivity contribution in [2.45, 2.75) is 39.3 Å². The maximum Gasteiger partial charge on any atom is 0.274 e. The summed E-state index contributed by atoms with van der Waals surface area (Å²) < 4.78 is 5.31. The van der Waals surface area contributed by atoms with Gasteiger partial charge in [0.25, 0.3) is 5.91 Å². The molecule has 0 aliphatic carbocycles. The van der Waals surface area contributed by atoms with Crippen LogP contribution in [0.3, 0.4) is 0 Å². The van der Waals surface area contributed by atoms with Gasteiger partial charge in [-0.15, -0.1) is 0 Å². The number of hydrogen-bond acceptors (Lipinski definition) is 7. The Kier molecular flexibility index (Phi) is 4.51. The number of ether oxygens (including phenoxy) is 1. The van der Waals surface area contributed by atoms with Crippen molar-refractivity contribution in [2.24, 2.45) is 0 Å². The van der Waals surface area contributed by atoms with Gasteiger partial charge in [-0.25, -0.2) is 15.0 Å². The van der Waals surface area contributed by atoms with Gasteiger partial charge in [0.2, 0.25) is 0 Å². The summed E-state index contributed by atoms with van der Waals surface area (Å²) in [5.74, 6) is 1.43. The summed E-state index contributed by atoms with van der Waals surface area (Å²) >= 11 is 0. The number of aromatic nitrogens is 4. The van der Waals surface area contributed by atoms with Gasteiger partial charge < -0.3 is 14.5 Å². The van der Waals surface area contributed by atoms with Crippen molar-refractivity contribution in [1.82, 2.24) is 24.8 Å². The molecule has 0 spiro atoms. The Morgan fingerprint density at radius 3 is 2.59 bits per heavy atom. The summed E-state index contributed by atoms with van der Waals surface area (Å²) in [7, 11) is 0. The third kappa shape index (κ3) is 3.62. The lowest BCUT2D eigenvalue weighted by atomic mass is 9.95. The van der Waals surface area contributed by atoms with Gasteiger partial charge in [0.15, 0.2) is 0 Å². The van der Waals surface area contributed by atoms with Crippen LogP contribution in [-0.2, 0) is 23.2 Å². The van der Waals surface area contributed by atoms with E-state index in [1.165, 1.54) is 6.20 Å². The van der Waals surface area contributed by atoms with Crippen LogP contribution in [0.4, 0.5) is 5.82 Å². The summed E-state index contributed by atoms with van der Waals surface area (Å²) in [5.41, 5.74) is 2.38. The first-order chi connectivity index (χ1) is 12.9. The third-order valence-corrected chi connectivity index (χ3v) is 4.79. The highest BCUT2D eigenvalue weighted by molar-refractivity contribution is 5.92. The van der Waals surface area contributed by atoms with E-state index in [0.29, 0.717) is 50.9 Å². The van der Waals surface area contributed by atoms with Gasteiger partial charge in [-0.3, -0.25) is 9.78 Å². The van der Waals surface area contributed by atoms with Crippen LogP contribution in [0.2, 0.25) is 0 Å². The topological polar surface area (TPSA) is 84.3 Å². The van der Waals surface area contributed by atoms with Crippen molar-refractivity contribution >= 4 is 11.7 Å². The highest BCUT2D eigenvalue weighted by Gasteiger charge is 2.27. The number of rotatable bonds is 2. The summed E-state index contributed by atoms with van der Waals surface area (Å²) in [5, 5.41) is 0. The first-order valence-corrected chi connectivity index (χ1v) is 9.21. The second-order valence-corrected chi connectivity index (χ2v) is 7.94. The highest BCUT2D eigenvalue weighted by atomic mass is 16.5. The Labute approximate surface area is 158 Å². The lowest BCUT2D eigenvalue weighted by Crippen LogP contribution is -2.41. The highest BCUT2D eigenvalue weighted by Crippen LogP contribution is 2.27. The summed E-state index contributed by atoms with van der Waals surface area (Å²) in [6.45, 7) is 9.93. The van der Waals surface area contributed by atoms with Gasteiger partial charge in [0.05, 0.1) is 37.8 Å². The van der Waals surface area contributed by atoms with E-state index < -0.39 is 0 Å². The van der Waals surface area contributed by atoms with Gasteiger partial charge >= 0.3 is 0 Å². The number of hydrogen-bond donors (Lipinski definition) is 0. The molecule has 8 nitrogen and oxygen atoms in total. The summed E-state index contributed by atoms with van der Waals surface area (Å²) in [6, 6.07) is 0. The molecule has 0 radical (unpaired) electrons. The van der Waals surface area contributed by atoms with Crippen LogP contribution in [0.25, 0.3) is 0 Å². The Morgan fingerprint density at radius 1 is 1.07 bits per heavy atom. The van der Waals surface area contributed by atoms with Crippen LogP contribution in [0.1, 0.15) is 48.3 Å². The maximum atomic E-state index is 12.7. The van der Waals surface area contributed by atoms with Crippen LogP contribution in [0.5, 0.6) is 0 Å². The molecule has 1 fully saturated rings. The van der Waals surface area contributed by atoms with Crippen LogP contribution in [-0.4, -0.2) is 57.0 Å². The van der Waals surface area contributed by atoms with Crippen molar-refractivity contribution < 1.29 is 9.53 Å². The summed E-state index contributed by atoms with van der Waals surface area (Å²) in [4.78, 5) is 34.6. The Balaban J connectivity index is 1.53. The first-order valence-electron chi connectivity index (χ1n) is 9.21. The van der Waals surface area contributed by atoms with E-state index in [1.54, 1.807) is 11.1 Å². The fourth-order valence-corrected chi connectivity index (χ4v) is 3.22. The number of morpholine rings is 1. The fourth-order valence-electron chi connectivity index (χ4n) is 3.22. The van der Waals surface area contributed by atoms with Gasteiger partial charge in [0, 0.05) is 36.8 Å². The predicted molar refractivity (Wildman–Crippen MR) is 99.4 cm³/mol. The quantitative estimate of drug-likeness (QED) is 0.795. The van der Waals surface area contributed by atoms with Crippen molar-refractivity contribution in [3.63, 3.8) is 0 Å². The molecule has 0 N–H and O–H groups in total. The average Bonchev–Trinajstić information content (AvgIpc) is 3.11. The molecule has 27 heavy (non-hydrogen) atoms. The number of fused-ring (bicyclic) bond motifs is 1. The lowest BCUT2D eigenvalue weighted by Gasteiger charge is -2.26. The van der Waals surface area contributed by atoms with Gasteiger partial charge in [0.1, 0.15) is 17.3 Å². The van der Waals surface area contributed by atoms with Gasteiger partial charge in [-0.1, -0.05) is 20.8 Å². The second-order valence-electron chi connectivity index (χ2n) is 7.94. The molecule has 8 heteroatoms. The average molecular weight is 368 g/mol. The Hall–Kier alpha value is -2.61. The lowest BCUT2D eigenvalue weighted by molar-refractivity contribution is 0.0299. The zero-order valence-electron chi connectivity index (χ0n) is 16.0. The first kappa shape index (κ1) is 17.8. The monoisotopic (exact) mass is 368 g/mol. The molecule has 0 unspecified atom stereocenters. The smallest absolute Gasteiger partial charge is 0.274 e. The van der Waals surface area contributed by atoms with Crippen molar-refractivity contribution in [1.29, 1.82) is 0 Å². The molecular formula is C19H24N6O2. The zero-order chi connectivity index (χ0) is 19.0. The largest absolute Gasteiger partial charge is 0.378 e. The fraction of sp³-hybridized carbons (Fsp3) is 0.526. The minimum Gasteiger partial charge on any atom is -0.378 e. The molecule has 142 valence electrons. The molecule has 4 rings (SSSR count). The normalized spacial score (nSPS) is 17.1. The molecule has 2 aliphatic heterocycles. The molecule has 0 bridgehead atoms. The van der Waals surface area contributed by atoms with E-state index in [0.717, 1.165) is 17.1 Å². The minimum absolute atomic E-state index is 0.0905. The predicted octanol–water partition coefficient (Wildman–Crippen LogP) is 1.56. The molecule has 2 aromatic rings. The van der Waals surface area contributed by atoms with Gasteiger partial charge in [-0.05, 0) is 0 Å². The molecule has 2 aliphatic rings. The Morgan fingerprint density at radius 2 is 1.85 bits per heavy atom. The van der Waals surface area contributed by atoms with E-state index in [-0.39, 0.29) is 11.3 Å². The van der Waals surface area contributed by atoms with E-state index >= 15 is 0 Å². The molecule has 2 aromatic heterocycles. The number of amides is 1. The SMILES string of the molecule is CC(C)(C)c1ncc2c(n1)CN(c1cncc(C(=O)N3CCOCC3)n1)C2. The molecule has 0 aromatic carbocycles. The number of carbonyl (C=O) groups excluding carboxylic acids is 1. The van der Waals surface area contributed by atoms with Crippen LogP contribution in [0, 0.1) is 0 Å².